The van der Waals surface area contributed by atoms with E-state index in [2.05, 4.69) is 12.2 Å². The van der Waals surface area contributed by atoms with Crippen LogP contribution in [0.4, 0.5) is 5.95 Å². The Hall–Kier alpha value is -3.02. The van der Waals surface area contributed by atoms with Crippen LogP contribution in [-0.2, 0) is 9.53 Å². The maximum atomic E-state index is 12.9. The van der Waals surface area contributed by atoms with E-state index in [4.69, 9.17) is 14.1 Å². The predicted molar refractivity (Wildman–Crippen MR) is 98.8 cm³/mol. The van der Waals surface area contributed by atoms with Crippen LogP contribution in [0.15, 0.2) is 58.3 Å². The van der Waals surface area contributed by atoms with E-state index < -0.39 is 6.04 Å². The van der Waals surface area contributed by atoms with Crippen molar-refractivity contribution in [3.05, 3.63) is 59.7 Å². The lowest BCUT2D eigenvalue weighted by molar-refractivity contribution is -0.139. The van der Waals surface area contributed by atoms with E-state index in [1.165, 1.54) is 0 Å². The van der Waals surface area contributed by atoms with E-state index in [1.807, 2.05) is 47.9 Å². The molecule has 0 spiro atoms. The number of imidazole rings is 1. The molecule has 3 aromatic rings. The fourth-order valence-corrected chi connectivity index (χ4v) is 3.50. The maximum absolute atomic E-state index is 12.9. The molecule has 134 valence electrons. The lowest BCUT2D eigenvalue weighted by Gasteiger charge is -2.29. The number of aromatic nitrogens is 2. The maximum Gasteiger partial charge on any atom is 0.338 e. The number of nitrogens with one attached hydrogen (secondary N) is 1. The third-order valence-electron chi connectivity index (χ3n) is 4.52. The van der Waals surface area contributed by atoms with Crippen molar-refractivity contribution in [2.75, 3.05) is 11.9 Å². The van der Waals surface area contributed by atoms with Crippen LogP contribution in [0.5, 0.6) is 0 Å². The molecule has 6 heteroatoms. The Kier molecular flexibility index (Phi) is 4.24. The number of hydrogen-bond acceptors (Lipinski definition) is 5. The Morgan fingerprint density at radius 1 is 1.27 bits per heavy atom. The number of benzene rings is 1. The van der Waals surface area contributed by atoms with Gasteiger partial charge in [0.15, 0.2) is 0 Å². The number of allylic oxidation sites excluding steroid dienone is 1. The molecule has 2 aromatic heterocycles. The highest BCUT2D eigenvalue weighted by molar-refractivity contribution is 5.94. The molecule has 0 fully saturated rings. The van der Waals surface area contributed by atoms with Gasteiger partial charge in [-0.2, -0.15) is 0 Å². The number of esters is 1. The van der Waals surface area contributed by atoms with Crippen LogP contribution in [0, 0.1) is 0 Å². The summed E-state index contributed by atoms with van der Waals surface area (Å²) < 4.78 is 13.1. The predicted octanol–water partition coefficient (Wildman–Crippen LogP) is 4.26. The van der Waals surface area contributed by atoms with E-state index in [9.17, 15) is 4.79 Å². The van der Waals surface area contributed by atoms with E-state index in [0.717, 1.165) is 29.6 Å². The highest BCUT2D eigenvalue weighted by Crippen LogP contribution is 2.40. The molecular formula is C20H21N3O3. The van der Waals surface area contributed by atoms with Crippen molar-refractivity contribution in [1.29, 1.82) is 0 Å². The van der Waals surface area contributed by atoms with Crippen molar-refractivity contribution >= 4 is 23.0 Å². The van der Waals surface area contributed by atoms with Gasteiger partial charge in [-0.25, -0.2) is 9.78 Å². The van der Waals surface area contributed by atoms with Gasteiger partial charge in [0.2, 0.25) is 5.95 Å². The van der Waals surface area contributed by atoms with Gasteiger partial charge in [0.1, 0.15) is 11.8 Å². The van der Waals surface area contributed by atoms with Crippen molar-refractivity contribution < 1.29 is 13.9 Å². The number of furan rings is 1. The summed E-state index contributed by atoms with van der Waals surface area (Å²) in [5.74, 6) is 1.07. The molecule has 1 aliphatic heterocycles. The van der Waals surface area contributed by atoms with Crippen LogP contribution in [0.3, 0.4) is 0 Å². The van der Waals surface area contributed by atoms with Gasteiger partial charge in [0, 0.05) is 5.70 Å². The van der Waals surface area contributed by atoms with Gasteiger partial charge in [-0.3, -0.25) is 4.57 Å². The molecule has 6 nitrogen and oxygen atoms in total. The third kappa shape index (κ3) is 2.58. The van der Waals surface area contributed by atoms with Gasteiger partial charge in [-0.15, -0.1) is 0 Å². The van der Waals surface area contributed by atoms with Crippen molar-refractivity contribution in [3.63, 3.8) is 0 Å². The molecule has 0 amide bonds. The average molecular weight is 351 g/mol. The summed E-state index contributed by atoms with van der Waals surface area (Å²) >= 11 is 0. The number of ether oxygens (including phenoxy) is 1. The molecule has 0 saturated carbocycles. The van der Waals surface area contributed by atoms with Gasteiger partial charge in [0.25, 0.3) is 0 Å². The molecule has 1 N–H and O–H groups in total. The molecule has 0 aliphatic carbocycles. The molecular weight excluding hydrogens is 330 g/mol. The van der Waals surface area contributed by atoms with Crippen LogP contribution >= 0.6 is 0 Å². The second-order valence-corrected chi connectivity index (χ2v) is 6.20. The first-order chi connectivity index (χ1) is 12.7. The summed E-state index contributed by atoms with van der Waals surface area (Å²) in [5, 5.41) is 3.36. The normalized spacial score (nSPS) is 16.5. The van der Waals surface area contributed by atoms with Gasteiger partial charge < -0.3 is 14.5 Å². The third-order valence-corrected chi connectivity index (χ3v) is 4.52. The van der Waals surface area contributed by atoms with E-state index >= 15 is 0 Å². The smallest absolute Gasteiger partial charge is 0.338 e. The molecule has 0 radical (unpaired) electrons. The fraction of sp³-hybridized carbons (Fsp3) is 0.300. The monoisotopic (exact) mass is 351 g/mol. The van der Waals surface area contributed by atoms with Gasteiger partial charge in [-0.1, -0.05) is 25.5 Å². The van der Waals surface area contributed by atoms with Crippen molar-refractivity contribution in [2.45, 2.75) is 32.7 Å². The van der Waals surface area contributed by atoms with E-state index in [1.54, 1.807) is 6.26 Å². The first kappa shape index (κ1) is 16.4. The first-order valence-electron chi connectivity index (χ1n) is 8.92. The standard InChI is InChI=1S/C20H21N3O3/c1-3-8-14-17(19(24)25-4-2)18(16-11-7-12-26-16)23-15-10-6-5-9-13(15)21-20(23)22-14/h5-7,9-12,18H,3-4,8H2,1-2H3,(H,21,22). The Morgan fingerprint density at radius 2 is 2.12 bits per heavy atom. The Balaban J connectivity index is 1.97. The number of carbonyl (C=O) groups excluding carboxylic acids is 1. The number of anilines is 1. The Labute approximate surface area is 151 Å². The van der Waals surface area contributed by atoms with Gasteiger partial charge in [-0.05, 0) is 37.6 Å². The summed E-state index contributed by atoms with van der Waals surface area (Å²) in [6, 6.07) is 11.2. The molecule has 0 bridgehead atoms. The van der Waals surface area contributed by atoms with Crippen LogP contribution in [0.2, 0.25) is 0 Å². The van der Waals surface area contributed by atoms with Crippen LogP contribution in [-0.4, -0.2) is 22.1 Å². The number of nitrogens with zero attached hydrogens (tertiary/aromatic N) is 2. The highest BCUT2D eigenvalue weighted by atomic mass is 16.5. The Morgan fingerprint density at radius 3 is 2.85 bits per heavy atom. The summed E-state index contributed by atoms with van der Waals surface area (Å²) in [5.41, 5.74) is 3.23. The minimum absolute atomic E-state index is 0.324. The van der Waals surface area contributed by atoms with Crippen LogP contribution < -0.4 is 5.32 Å². The zero-order chi connectivity index (χ0) is 18.1. The van der Waals surface area contributed by atoms with Crippen molar-refractivity contribution in [3.8, 4) is 0 Å². The summed E-state index contributed by atoms with van der Waals surface area (Å²) in [7, 11) is 0. The molecule has 1 aliphatic rings. The Bertz CT molecular complexity index is 970. The molecule has 4 rings (SSSR count). The van der Waals surface area contributed by atoms with Crippen LogP contribution in [0.1, 0.15) is 38.5 Å². The molecule has 3 heterocycles. The second-order valence-electron chi connectivity index (χ2n) is 6.20. The zero-order valence-electron chi connectivity index (χ0n) is 14.9. The quantitative estimate of drug-likeness (QED) is 0.696. The molecule has 1 unspecified atom stereocenters. The highest BCUT2D eigenvalue weighted by Gasteiger charge is 2.37. The van der Waals surface area contributed by atoms with Gasteiger partial charge >= 0.3 is 5.97 Å². The van der Waals surface area contributed by atoms with Crippen molar-refractivity contribution in [1.82, 2.24) is 9.55 Å². The summed E-state index contributed by atoms with van der Waals surface area (Å²) in [6.45, 7) is 4.22. The summed E-state index contributed by atoms with van der Waals surface area (Å²) in [4.78, 5) is 17.6. The molecule has 1 atom stereocenters. The fourth-order valence-electron chi connectivity index (χ4n) is 3.50. The van der Waals surface area contributed by atoms with Crippen molar-refractivity contribution in [2.24, 2.45) is 0 Å². The lowest BCUT2D eigenvalue weighted by Crippen LogP contribution is -2.29. The SMILES string of the molecule is CCCC1=C(C(=O)OCC)C(c2ccco2)n2c(nc3ccccc32)N1. The molecule has 26 heavy (non-hydrogen) atoms. The van der Waals surface area contributed by atoms with Crippen LogP contribution in [0.25, 0.3) is 11.0 Å². The average Bonchev–Trinajstić information content (AvgIpc) is 3.28. The first-order valence-corrected chi connectivity index (χ1v) is 8.92. The number of para-hydroxylation sites is 2. The molecule has 1 aromatic carbocycles. The van der Waals surface area contributed by atoms with E-state index in [-0.39, 0.29) is 5.97 Å². The number of carbonyl (C=O) groups is 1. The largest absolute Gasteiger partial charge is 0.467 e. The number of rotatable bonds is 5. The second kappa shape index (κ2) is 6.71. The lowest BCUT2D eigenvalue weighted by atomic mass is 9.97. The number of hydrogen-bond donors (Lipinski definition) is 1. The minimum Gasteiger partial charge on any atom is -0.467 e. The topological polar surface area (TPSA) is 69.3 Å². The number of fused-ring (bicyclic) bond motifs is 3. The summed E-state index contributed by atoms with van der Waals surface area (Å²) in [6.07, 6.45) is 3.25. The molecule has 0 saturated heterocycles. The van der Waals surface area contributed by atoms with E-state index in [0.29, 0.717) is 23.9 Å². The minimum atomic E-state index is -0.408. The zero-order valence-corrected chi connectivity index (χ0v) is 14.9. The van der Waals surface area contributed by atoms with Gasteiger partial charge in [0.05, 0.1) is 29.5 Å².